The molecule has 0 saturated heterocycles. The predicted octanol–water partition coefficient (Wildman–Crippen LogP) is 2.57. The Morgan fingerprint density at radius 2 is 2.25 bits per heavy atom. The Balaban J connectivity index is 2.72. The van der Waals surface area contributed by atoms with E-state index in [0.29, 0.717) is 18.5 Å². The summed E-state index contributed by atoms with van der Waals surface area (Å²) in [5.41, 5.74) is 5.88. The monoisotopic (exact) mass is 307 g/mol. The summed E-state index contributed by atoms with van der Waals surface area (Å²) in [5, 5.41) is 0.00313. The standard InChI is InChI=1S/C11H15BrFNOS/c1-8(4-5-14)16(15)7-9-6-10(12)2-3-11(9)13/h2-3,6,8H,4-5,7,14H2,1H3. The summed E-state index contributed by atoms with van der Waals surface area (Å²) in [6.07, 6.45) is 0.697. The van der Waals surface area contributed by atoms with Crippen molar-refractivity contribution in [3.63, 3.8) is 0 Å². The second kappa shape index (κ2) is 6.47. The van der Waals surface area contributed by atoms with Crippen LogP contribution < -0.4 is 5.73 Å². The number of nitrogens with two attached hydrogens (primary N) is 1. The van der Waals surface area contributed by atoms with Crippen LogP contribution in [-0.4, -0.2) is 16.0 Å². The van der Waals surface area contributed by atoms with E-state index < -0.39 is 10.8 Å². The van der Waals surface area contributed by atoms with Crippen LogP contribution in [0.15, 0.2) is 22.7 Å². The van der Waals surface area contributed by atoms with Gasteiger partial charge < -0.3 is 5.73 Å². The van der Waals surface area contributed by atoms with Crippen molar-refractivity contribution in [2.45, 2.75) is 24.3 Å². The molecule has 1 aromatic carbocycles. The molecule has 2 unspecified atom stereocenters. The molecule has 0 aliphatic rings. The maximum atomic E-state index is 13.4. The highest BCUT2D eigenvalue weighted by atomic mass is 79.9. The summed E-state index contributed by atoms with van der Waals surface area (Å²) in [7, 11) is -1.08. The van der Waals surface area contributed by atoms with Gasteiger partial charge in [0, 0.05) is 26.1 Å². The molecule has 2 N–H and O–H groups in total. The van der Waals surface area contributed by atoms with Crippen LogP contribution in [0.2, 0.25) is 0 Å². The van der Waals surface area contributed by atoms with Crippen LogP contribution in [0, 0.1) is 5.82 Å². The quantitative estimate of drug-likeness (QED) is 0.908. The summed E-state index contributed by atoms with van der Waals surface area (Å²) < 4.78 is 26.0. The van der Waals surface area contributed by atoms with Crippen LogP contribution in [0.5, 0.6) is 0 Å². The third-order valence-corrected chi connectivity index (χ3v) is 4.55. The maximum Gasteiger partial charge on any atom is 0.127 e. The van der Waals surface area contributed by atoms with Crippen LogP contribution in [0.4, 0.5) is 4.39 Å². The highest BCUT2D eigenvalue weighted by molar-refractivity contribution is 9.10. The van der Waals surface area contributed by atoms with E-state index in [4.69, 9.17) is 5.73 Å². The summed E-state index contributed by atoms with van der Waals surface area (Å²) in [4.78, 5) is 0. The van der Waals surface area contributed by atoms with Gasteiger partial charge in [-0.2, -0.15) is 0 Å². The second-order valence-corrected chi connectivity index (χ2v) is 6.42. The lowest BCUT2D eigenvalue weighted by molar-refractivity contribution is 0.613. The van der Waals surface area contributed by atoms with E-state index in [1.807, 2.05) is 6.92 Å². The average Bonchev–Trinajstić information content (AvgIpc) is 2.23. The van der Waals surface area contributed by atoms with Gasteiger partial charge in [0.25, 0.3) is 0 Å². The smallest absolute Gasteiger partial charge is 0.127 e. The van der Waals surface area contributed by atoms with Gasteiger partial charge in [0.15, 0.2) is 0 Å². The summed E-state index contributed by atoms with van der Waals surface area (Å²) >= 11 is 3.27. The minimum Gasteiger partial charge on any atom is -0.330 e. The van der Waals surface area contributed by atoms with Gasteiger partial charge in [-0.05, 0) is 31.2 Å². The molecular weight excluding hydrogens is 293 g/mol. The molecule has 0 fully saturated rings. The Labute approximate surface area is 106 Å². The molecule has 16 heavy (non-hydrogen) atoms. The minimum atomic E-state index is -1.08. The lowest BCUT2D eigenvalue weighted by atomic mass is 10.2. The van der Waals surface area contributed by atoms with Crippen LogP contribution in [-0.2, 0) is 16.6 Å². The van der Waals surface area contributed by atoms with Gasteiger partial charge in [-0.1, -0.05) is 22.9 Å². The number of hydrogen-bond donors (Lipinski definition) is 1. The third-order valence-electron chi connectivity index (χ3n) is 2.33. The number of benzene rings is 1. The Kier molecular flexibility index (Phi) is 5.58. The van der Waals surface area contributed by atoms with E-state index >= 15 is 0 Å². The van der Waals surface area contributed by atoms with E-state index in [0.717, 1.165) is 4.47 Å². The van der Waals surface area contributed by atoms with Crippen LogP contribution in [0.3, 0.4) is 0 Å². The molecule has 90 valence electrons. The lowest BCUT2D eigenvalue weighted by Crippen LogP contribution is -2.17. The summed E-state index contributed by atoms with van der Waals surface area (Å²) in [6.45, 7) is 2.38. The molecular formula is C11H15BrFNOS. The Bertz CT molecular complexity index is 386. The van der Waals surface area contributed by atoms with Crippen molar-refractivity contribution in [2.24, 2.45) is 5.73 Å². The zero-order valence-corrected chi connectivity index (χ0v) is 11.5. The predicted molar refractivity (Wildman–Crippen MR) is 69.1 cm³/mol. The molecule has 0 heterocycles. The molecule has 2 atom stereocenters. The normalized spacial score (nSPS) is 14.8. The lowest BCUT2D eigenvalue weighted by Gasteiger charge is -2.10. The molecule has 2 nitrogen and oxygen atoms in total. The molecule has 0 radical (unpaired) electrons. The van der Waals surface area contributed by atoms with Gasteiger partial charge in [0.1, 0.15) is 5.82 Å². The molecule has 0 aromatic heterocycles. The second-order valence-electron chi connectivity index (χ2n) is 3.65. The molecule has 0 amide bonds. The largest absolute Gasteiger partial charge is 0.330 e. The first kappa shape index (κ1) is 13.8. The van der Waals surface area contributed by atoms with Crippen molar-refractivity contribution in [2.75, 3.05) is 6.54 Å². The summed E-state index contributed by atoms with van der Waals surface area (Å²) in [5.74, 6) is -0.0663. The van der Waals surface area contributed by atoms with Crippen molar-refractivity contribution in [3.05, 3.63) is 34.1 Å². The van der Waals surface area contributed by atoms with Crippen LogP contribution in [0.1, 0.15) is 18.9 Å². The van der Waals surface area contributed by atoms with E-state index in [1.165, 1.54) is 6.07 Å². The van der Waals surface area contributed by atoms with Gasteiger partial charge in [-0.15, -0.1) is 0 Å². The molecule has 0 aliphatic heterocycles. The van der Waals surface area contributed by atoms with Crippen molar-refractivity contribution >= 4 is 26.7 Å². The maximum absolute atomic E-state index is 13.4. The number of halogens is 2. The first-order chi connectivity index (χ1) is 7.54. The Morgan fingerprint density at radius 1 is 1.56 bits per heavy atom. The molecule has 0 spiro atoms. The molecule has 0 bridgehead atoms. The molecule has 1 rings (SSSR count). The Morgan fingerprint density at radius 3 is 2.88 bits per heavy atom. The van der Waals surface area contributed by atoms with Gasteiger partial charge in [0.05, 0.1) is 5.75 Å². The molecule has 0 aliphatic carbocycles. The number of hydrogen-bond acceptors (Lipinski definition) is 2. The van der Waals surface area contributed by atoms with Crippen LogP contribution in [0.25, 0.3) is 0 Å². The fourth-order valence-electron chi connectivity index (χ4n) is 1.32. The summed E-state index contributed by atoms with van der Waals surface area (Å²) in [6, 6.07) is 4.68. The fraction of sp³-hybridized carbons (Fsp3) is 0.455. The Hall–Kier alpha value is -0.260. The molecule has 5 heteroatoms. The van der Waals surface area contributed by atoms with E-state index in [2.05, 4.69) is 15.9 Å². The zero-order chi connectivity index (χ0) is 12.1. The SMILES string of the molecule is CC(CCN)S(=O)Cc1cc(Br)ccc1F. The molecule has 1 aromatic rings. The van der Waals surface area contributed by atoms with Crippen molar-refractivity contribution < 1.29 is 8.60 Å². The van der Waals surface area contributed by atoms with Crippen molar-refractivity contribution in [3.8, 4) is 0 Å². The zero-order valence-electron chi connectivity index (χ0n) is 9.08. The van der Waals surface area contributed by atoms with E-state index in [-0.39, 0.29) is 16.8 Å². The van der Waals surface area contributed by atoms with Crippen molar-refractivity contribution in [1.29, 1.82) is 0 Å². The van der Waals surface area contributed by atoms with Crippen molar-refractivity contribution in [1.82, 2.24) is 0 Å². The van der Waals surface area contributed by atoms with Gasteiger partial charge in [0.2, 0.25) is 0 Å². The topological polar surface area (TPSA) is 43.1 Å². The van der Waals surface area contributed by atoms with Crippen LogP contribution >= 0.6 is 15.9 Å². The first-order valence-electron chi connectivity index (χ1n) is 5.05. The number of rotatable bonds is 5. The van der Waals surface area contributed by atoms with Gasteiger partial charge >= 0.3 is 0 Å². The average molecular weight is 308 g/mol. The van der Waals surface area contributed by atoms with Gasteiger partial charge in [-0.3, -0.25) is 4.21 Å². The minimum absolute atomic E-state index is 0.00313. The highest BCUT2D eigenvalue weighted by Crippen LogP contribution is 2.18. The highest BCUT2D eigenvalue weighted by Gasteiger charge is 2.13. The van der Waals surface area contributed by atoms with Gasteiger partial charge in [-0.25, -0.2) is 4.39 Å². The van der Waals surface area contributed by atoms with E-state index in [1.54, 1.807) is 12.1 Å². The first-order valence-corrected chi connectivity index (χ1v) is 7.23. The third kappa shape index (κ3) is 3.96. The molecule has 0 saturated carbocycles. The fourth-order valence-corrected chi connectivity index (χ4v) is 2.94. The van der Waals surface area contributed by atoms with E-state index in [9.17, 15) is 8.60 Å².